The molecule has 0 unspecified atom stereocenters. The monoisotopic (exact) mass is 352 g/mol. The predicted octanol–water partition coefficient (Wildman–Crippen LogP) is 3.76. The molecule has 1 saturated heterocycles. The first kappa shape index (κ1) is 18.5. The average molecular weight is 352 g/mol. The van der Waals surface area contributed by atoms with Crippen molar-refractivity contribution in [1.29, 1.82) is 0 Å². The summed E-state index contributed by atoms with van der Waals surface area (Å²) >= 11 is 0. The number of hydrogen-bond donors (Lipinski definition) is 1. The number of likely N-dealkylation sites (tertiary alicyclic amines) is 1. The molecule has 1 atom stereocenters. The number of nitrogens with one attached hydrogen (secondary N) is 1. The largest absolute Gasteiger partial charge is 0.489 e. The van der Waals surface area contributed by atoms with E-state index in [1.807, 2.05) is 54.6 Å². The minimum atomic E-state index is 0.113. The molecule has 1 amide bonds. The summed E-state index contributed by atoms with van der Waals surface area (Å²) in [5.41, 5.74) is 2.14. The molecule has 4 nitrogen and oxygen atoms in total. The lowest BCUT2D eigenvalue weighted by molar-refractivity contribution is -0.122. The van der Waals surface area contributed by atoms with E-state index in [1.165, 1.54) is 12.8 Å². The number of para-hydroxylation sites is 1. The van der Waals surface area contributed by atoms with Crippen molar-refractivity contribution in [3.63, 3.8) is 0 Å². The topological polar surface area (TPSA) is 41.6 Å². The van der Waals surface area contributed by atoms with Gasteiger partial charge in [0.05, 0.1) is 0 Å². The predicted molar refractivity (Wildman–Crippen MR) is 104 cm³/mol. The van der Waals surface area contributed by atoms with Crippen LogP contribution >= 0.6 is 0 Å². The smallest absolute Gasteiger partial charge is 0.221 e. The van der Waals surface area contributed by atoms with Gasteiger partial charge in [-0.3, -0.25) is 4.79 Å². The molecule has 138 valence electrons. The van der Waals surface area contributed by atoms with Crippen LogP contribution in [0, 0.1) is 0 Å². The van der Waals surface area contributed by atoms with E-state index < -0.39 is 0 Å². The molecule has 1 aliphatic rings. The quantitative estimate of drug-likeness (QED) is 0.825. The van der Waals surface area contributed by atoms with Crippen LogP contribution in [0.25, 0.3) is 0 Å². The van der Waals surface area contributed by atoms with Gasteiger partial charge in [-0.2, -0.15) is 0 Å². The molecule has 0 aliphatic carbocycles. The van der Waals surface area contributed by atoms with Gasteiger partial charge in [-0.1, -0.05) is 55.0 Å². The molecule has 1 heterocycles. The number of carbonyl (C=O) groups is 1. The SMILES string of the molecule is CN1CCCC[C@H]1CC(=O)NCc1ccccc1OCc1ccccc1. The van der Waals surface area contributed by atoms with Gasteiger partial charge in [-0.25, -0.2) is 0 Å². The van der Waals surface area contributed by atoms with E-state index in [1.54, 1.807) is 0 Å². The van der Waals surface area contributed by atoms with Gasteiger partial charge in [0.25, 0.3) is 0 Å². The normalized spacial score (nSPS) is 17.7. The Morgan fingerprint density at radius 2 is 1.88 bits per heavy atom. The molecule has 0 radical (unpaired) electrons. The zero-order valence-corrected chi connectivity index (χ0v) is 15.5. The number of nitrogens with zero attached hydrogens (tertiary/aromatic N) is 1. The first-order valence-corrected chi connectivity index (χ1v) is 9.44. The summed E-state index contributed by atoms with van der Waals surface area (Å²) in [5.74, 6) is 0.938. The fraction of sp³-hybridized carbons (Fsp3) is 0.409. The molecular weight excluding hydrogens is 324 g/mol. The summed E-state index contributed by atoms with van der Waals surface area (Å²) in [5, 5.41) is 3.06. The van der Waals surface area contributed by atoms with E-state index in [0.717, 1.165) is 29.8 Å². The second-order valence-electron chi connectivity index (χ2n) is 6.99. The molecule has 0 bridgehead atoms. The van der Waals surface area contributed by atoms with Gasteiger partial charge < -0.3 is 15.0 Å². The van der Waals surface area contributed by atoms with Crippen LogP contribution in [0.4, 0.5) is 0 Å². The Bertz CT molecular complexity index is 702. The second-order valence-corrected chi connectivity index (χ2v) is 6.99. The number of hydrogen-bond acceptors (Lipinski definition) is 3. The van der Waals surface area contributed by atoms with Crippen LogP contribution in [0.2, 0.25) is 0 Å². The Morgan fingerprint density at radius 3 is 2.69 bits per heavy atom. The Morgan fingerprint density at radius 1 is 1.12 bits per heavy atom. The van der Waals surface area contributed by atoms with Crippen molar-refractivity contribution < 1.29 is 9.53 Å². The third kappa shape index (κ3) is 5.33. The van der Waals surface area contributed by atoms with Crippen molar-refractivity contribution in [3.05, 3.63) is 65.7 Å². The first-order chi connectivity index (χ1) is 12.7. The first-order valence-electron chi connectivity index (χ1n) is 9.44. The summed E-state index contributed by atoms with van der Waals surface area (Å²) in [4.78, 5) is 14.6. The van der Waals surface area contributed by atoms with E-state index >= 15 is 0 Å². The third-order valence-corrected chi connectivity index (χ3v) is 5.03. The molecule has 2 aromatic rings. The molecule has 0 aromatic heterocycles. The fourth-order valence-electron chi connectivity index (χ4n) is 3.41. The lowest BCUT2D eigenvalue weighted by Crippen LogP contribution is -2.40. The van der Waals surface area contributed by atoms with E-state index in [9.17, 15) is 4.79 Å². The Balaban J connectivity index is 1.52. The lowest BCUT2D eigenvalue weighted by atomic mass is 10.00. The molecule has 2 aromatic carbocycles. The highest BCUT2D eigenvalue weighted by atomic mass is 16.5. The molecule has 1 aliphatic heterocycles. The van der Waals surface area contributed by atoms with E-state index in [4.69, 9.17) is 4.74 Å². The van der Waals surface area contributed by atoms with E-state index in [0.29, 0.717) is 25.6 Å². The third-order valence-electron chi connectivity index (χ3n) is 5.03. The number of benzene rings is 2. The number of carbonyl (C=O) groups excluding carboxylic acids is 1. The van der Waals surface area contributed by atoms with Crippen LogP contribution in [-0.2, 0) is 17.9 Å². The molecule has 1 fully saturated rings. The summed E-state index contributed by atoms with van der Waals surface area (Å²) < 4.78 is 5.96. The minimum absolute atomic E-state index is 0.113. The number of rotatable bonds is 7. The van der Waals surface area contributed by atoms with Gasteiger partial charge >= 0.3 is 0 Å². The number of ether oxygens (including phenoxy) is 1. The maximum absolute atomic E-state index is 12.3. The van der Waals surface area contributed by atoms with Crippen molar-refractivity contribution in [1.82, 2.24) is 10.2 Å². The van der Waals surface area contributed by atoms with Crippen LogP contribution in [0.5, 0.6) is 5.75 Å². The molecule has 3 rings (SSSR count). The van der Waals surface area contributed by atoms with Gasteiger partial charge in [-0.05, 0) is 38.1 Å². The van der Waals surface area contributed by atoms with Crippen LogP contribution in [0.3, 0.4) is 0 Å². The number of amides is 1. The number of piperidine rings is 1. The highest BCUT2D eigenvalue weighted by molar-refractivity contribution is 5.76. The van der Waals surface area contributed by atoms with Crippen molar-refractivity contribution >= 4 is 5.91 Å². The van der Waals surface area contributed by atoms with Crippen molar-refractivity contribution in [2.75, 3.05) is 13.6 Å². The Kier molecular flexibility index (Phi) is 6.67. The van der Waals surface area contributed by atoms with Crippen LogP contribution in [-0.4, -0.2) is 30.4 Å². The highest BCUT2D eigenvalue weighted by Gasteiger charge is 2.21. The summed E-state index contributed by atoms with van der Waals surface area (Å²) in [7, 11) is 2.11. The van der Waals surface area contributed by atoms with Gasteiger partial charge in [0, 0.05) is 24.6 Å². The van der Waals surface area contributed by atoms with Gasteiger partial charge in [0.2, 0.25) is 5.91 Å². The Hall–Kier alpha value is -2.33. The van der Waals surface area contributed by atoms with Crippen LogP contribution in [0.1, 0.15) is 36.8 Å². The molecular formula is C22H28N2O2. The lowest BCUT2D eigenvalue weighted by Gasteiger charge is -2.31. The summed E-state index contributed by atoms with van der Waals surface area (Å²) in [6, 6.07) is 18.4. The summed E-state index contributed by atoms with van der Waals surface area (Å²) in [6.45, 7) is 2.12. The van der Waals surface area contributed by atoms with Gasteiger partial charge in [0.15, 0.2) is 0 Å². The maximum atomic E-state index is 12.3. The van der Waals surface area contributed by atoms with E-state index in [-0.39, 0.29) is 5.91 Å². The molecule has 4 heteroatoms. The minimum Gasteiger partial charge on any atom is -0.489 e. The zero-order valence-electron chi connectivity index (χ0n) is 15.5. The fourth-order valence-corrected chi connectivity index (χ4v) is 3.41. The van der Waals surface area contributed by atoms with Crippen LogP contribution < -0.4 is 10.1 Å². The van der Waals surface area contributed by atoms with Crippen molar-refractivity contribution in [2.24, 2.45) is 0 Å². The zero-order chi connectivity index (χ0) is 18.2. The van der Waals surface area contributed by atoms with Crippen LogP contribution in [0.15, 0.2) is 54.6 Å². The average Bonchev–Trinajstić information content (AvgIpc) is 2.68. The molecule has 0 saturated carbocycles. The Labute approximate surface area is 156 Å². The van der Waals surface area contributed by atoms with E-state index in [2.05, 4.69) is 17.3 Å². The van der Waals surface area contributed by atoms with Crippen molar-refractivity contribution in [3.8, 4) is 5.75 Å². The maximum Gasteiger partial charge on any atom is 0.221 e. The van der Waals surface area contributed by atoms with Gasteiger partial charge in [-0.15, -0.1) is 0 Å². The summed E-state index contributed by atoms with van der Waals surface area (Å²) in [6.07, 6.45) is 4.14. The standard InChI is InChI=1S/C22H28N2O2/c1-24-14-8-7-12-20(24)15-22(25)23-16-19-11-5-6-13-21(19)26-17-18-9-3-2-4-10-18/h2-6,9-11,13,20H,7-8,12,14-17H2,1H3,(H,23,25)/t20-/m0/s1. The van der Waals surface area contributed by atoms with Gasteiger partial charge in [0.1, 0.15) is 12.4 Å². The molecule has 26 heavy (non-hydrogen) atoms. The second kappa shape index (κ2) is 9.39. The highest BCUT2D eigenvalue weighted by Crippen LogP contribution is 2.20. The molecule has 0 spiro atoms. The van der Waals surface area contributed by atoms with Crippen molar-refractivity contribution in [2.45, 2.75) is 44.9 Å². The molecule has 1 N–H and O–H groups in total.